The van der Waals surface area contributed by atoms with Gasteiger partial charge in [-0.2, -0.15) is 0 Å². The molecule has 192 valence electrons. The van der Waals surface area contributed by atoms with Crippen molar-refractivity contribution < 1.29 is 14.3 Å². The van der Waals surface area contributed by atoms with Gasteiger partial charge in [0.25, 0.3) is 11.5 Å². The Morgan fingerprint density at radius 3 is 2.68 bits per heavy atom. The number of nitrogens with zero attached hydrogens (tertiary/aromatic N) is 3. The van der Waals surface area contributed by atoms with E-state index >= 15 is 0 Å². The van der Waals surface area contributed by atoms with Crippen LogP contribution >= 0.6 is 11.3 Å². The maximum Gasteiger partial charge on any atom is 0.271 e. The van der Waals surface area contributed by atoms with Crippen LogP contribution in [0.1, 0.15) is 37.2 Å². The standard InChI is InChI=1S/C28H30N4O4S/c1-2-21(31(15-8-14-29)27(33)24-18-35-22-11-6-7-12-23(22)36-24)26-30-20-13-16-37-25(20)28(34)32(26)17-19-9-4-3-5-10-19/h3-7,9-13,16,21,24H,2,8,14-15,17-18,29H2,1H3. The quantitative estimate of drug-likeness (QED) is 0.360. The Morgan fingerprint density at radius 2 is 1.92 bits per heavy atom. The third-order valence-corrected chi connectivity index (χ3v) is 7.40. The van der Waals surface area contributed by atoms with Gasteiger partial charge in [-0.05, 0) is 48.5 Å². The molecule has 0 fully saturated rings. The lowest BCUT2D eigenvalue weighted by Crippen LogP contribution is -2.49. The van der Waals surface area contributed by atoms with Gasteiger partial charge in [-0.1, -0.05) is 49.4 Å². The fraction of sp³-hybridized carbons (Fsp3) is 0.321. The SMILES string of the molecule is CCC(c1nc2ccsc2c(=O)n1Cc1ccccc1)N(CCCN)C(=O)C1COc2ccccc2O1. The number of benzene rings is 2. The zero-order valence-corrected chi connectivity index (χ0v) is 21.5. The summed E-state index contributed by atoms with van der Waals surface area (Å²) in [4.78, 5) is 34.3. The number of aromatic nitrogens is 2. The lowest BCUT2D eigenvalue weighted by Gasteiger charge is -2.36. The van der Waals surface area contributed by atoms with E-state index in [-0.39, 0.29) is 18.1 Å². The van der Waals surface area contributed by atoms with Crippen LogP contribution < -0.4 is 20.8 Å². The minimum absolute atomic E-state index is 0.102. The molecule has 0 saturated carbocycles. The first-order valence-electron chi connectivity index (χ1n) is 12.5. The monoisotopic (exact) mass is 518 g/mol. The first kappa shape index (κ1) is 25.0. The number of amides is 1. The fourth-order valence-electron chi connectivity index (χ4n) is 4.68. The third-order valence-electron chi connectivity index (χ3n) is 6.51. The smallest absolute Gasteiger partial charge is 0.271 e. The molecule has 0 aliphatic carbocycles. The molecular weight excluding hydrogens is 488 g/mol. The summed E-state index contributed by atoms with van der Waals surface area (Å²) < 4.78 is 14.2. The van der Waals surface area contributed by atoms with E-state index in [2.05, 4.69) is 0 Å². The number of hydrogen-bond donors (Lipinski definition) is 1. The van der Waals surface area contributed by atoms with Crippen molar-refractivity contribution >= 4 is 27.5 Å². The normalized spacial score (nSPS) is 15.5. The van der Waals surface area contributed by atoms with Crippen molar-refractivity contribution in [3.05, 3.63) is 87.8 Å². The molecule has 2 aromatic heterocycles. The lowest BCUT2D eigenvalue weighted by molar-refractivity contribution is -0.144. The summed E-state index contributed by atoms with van der Waals surface area (Å²) in [5, 5.41) is 1.87. The summed E-state index contributed by atoms with van der Waals surface area (Å²) in [5.74, 6) is 1.51. The van der Waals surface area contributed by atoms with E-state index in [1.807, 2.05) is 66.9 Å². The van der Waals surface area contributed by atoms with Crippen LogP contribution in [-0.2, 0) is 11.3 Å². The largest absolute Gasteiger partial charge is 0.485 e. The maximum absolute atomic E-state index is 13.9. The van der Waals surface area contributed by atoms with Gasteiger partial charge in [-0.3, -0.25) is 14.2 Å². The van der Waals surface area contributed by atoms with Gasteiger partial charge >= 0.3 is 0 Å². The van der Waals surface area contributed by atoms with Crippen LogP contribution in [-0.4, -0.2) is 46.2 Å². The van der Waals surface area contributed by atoms with Crippen molar-refractivity contribution in [3.8, 4) is 11.5 Å². The van der Waals surface area contributed by atoms with E-state index in [1.165, 1.54) is 11.3 Å². The number of rotatable bonds is 9. The number of thiophene rings is 1. The molecule has 1 amide bonds. The molecule has 1 aliphatic heterocycles. The highest BCUT2D eigenvalue weighted by atomic mass is 32.1. The second-order valence-corrected chi connectivity index (χ2v) is 9.86. The van der Waals surface area contributed by atoms with E-state index in [4.69, 9.17) is 20.2 Å². The summed E-state index contributed by atoms with van der Waals surface area (Å²) in [7, 11) is 0. The number of para-hydroxylation sites is 2. The second-order valence-electron chi connectivity index (χ2n) is 8.94. The minimum Gasteiger partial charge on any atom is -0.485 e. The van der Waals surface area contributed by atoms with Crippen molar-refractivity contribution in [1.82, 2.24) is 14.5 Å². The Labute approximate surface area is 219 Å². The van der Waals surface area contributed by atoms with Gasteiger partial charge in [0.2, 0.25) is 6.10 Å². The third kappa shape index (κ3) is 5.10. The summed E-state index contributed by atoms with van der Waals surface area (Å²) in [6.45, 7) is 3.32. The Hall–Kier alpha value is -3.69. The van der Waals surface area contributed by atoms with Crippen molar-refractivity contribution in [1.29, 1.82) is 0 Å². The molecule has 0 radical (unpaired) electrons. The van der Waals surface area contributed by atoms with Crippen LogP contribution in [0, 0.1) is 0 Å². The second kappa shape index (κ2) is 11.1. The van der Waals surface area contributed by atoms with E-state index in [9.17, 15) is 9.59 Å². The van der Waals surface area contributed by atoms with Crippen molar-refractivity contribution in [2.24, 2.45) is 5.73 Å². The number of carbonyl (C=O) groups excluding carboxylic acids is 1. The van der Waals surface area contributed by atoms with Gasteiger partial charge in [-0.25, -0.2) is 4.98 Å². The van der Waals surface area contributed by atoms with Crippen molar-refractivity contribution in [2.45, 2.75) is 38.5 Å². The summed E-state index contributed by atoms with van der Waals surface area (Å²) in [5.41, 5.74) is 7.38. The predicted molar refractivity (Wildman–Crippen MR) is 144 cm³/mol. The molecule has 2 aromatic carbocycles. The zero-order chi connectivity index (χ0) is 25.8. The van der Waals surface area contributed by atoms with E-state index in [1.54, 1.807) is 15.5 Å². The summed E-state index contributed by atoms with van der Waals surface area (Å²) in [6, 6.07) is 18.5. The lowest BCUT2D eigenvalue weighted by atomic mass is 10.1. The first-order chi connectivity index (χ1) is 18.1. The highest BCUT2D eigenvalue weighted by molar-refractivity contribution is 7.17. The van der Waals surface area contributed by atoms with Crippen LogP contribution in [0.25, 0.3) is 10.2 Å². The van der Waals surface area contributed by atoms with Crippen LogP contribution in [0.3, 0.4) is 0 Å². The van der Waals surface area contributed by atoms with Gasteiger partial charge in [0, 0.05) is 6.54 Å². The van der Waals surface area contributed by atoms with Gasteiger partial charge in [0.05, 0.1) is 18.1 Å². The first-order valence-corrected chi connectivity index (χ1v) is 13.4. The molecule has 0 saturated heterocycles. The highest BCUT2D eigenvalue weighted by Gasteiger charge is 2.36. The molecule has 2 unspecified atom stereocenters. The molecule has 0 bridgehead atoms. The average molecular weight is 519 g/mol. The Kier molecular flexibility index (Phi) is 7.52. The minimum atomic E-state index is -0.805. The molecule has 37 heavy (non-hydrogen) atoms. The van der Waals surface area contributed by atoms with Crippen molar-refractivity contribution in [3.63, 3.8) is 0 Å². The molecule has 3 heterocycles. The predicted octanol–water partition coefficient (Wildman–Crippen LogP) is 3.97. The molecule has 8 nitrogen and oxygen atoms in total. The van der Waals surface area contributed by atoms with Crippen LogP contribution in [0.15, 0.2) is 70.8 Å². The van der Waals surface area contributed by atoms with E-state index in [0.29, 0.717) is 60.0 Å². The summed E-state index contributed by atoms with van der Waals surface area (Å²) in [6.07, 6.45) is 0.369. The van der Waals surface area contributed by atoms with E-state index < -0.39 is 12.1 Å². The molecule has 9 heteroatoms. The number of fused-ring (bicyclic) bond motifs is 2. The van der Waals surface area contributed by atoms with Gasteiger partial charge in [0.15, 0.2) is 11.5 Å². The van der Waals surface area contributed by atoms with Crippen LogP contribution in [0.2, 0.25) is 0 Å². The fourth-order valence-corrected chi connectivity index (χ4v) is 5.46. The van der Waals surface area contributed by atoms with Crippen LogP contribution in [0.4, 0.5) is 0 Å². The van der Waals surface area contributed by atoms with Crippen molar-refractivity contribution in [2.75, 3.05) is 19.7 Å². The zero-order valence-electron chi connectivity index (χ0n) is 20.7. The number of carbonyl (C=O) groups is 1. The Bertz CT molecular complexity index is 1440. The van der Waals surface area contributed by atoms with Crippen LogP contribution in [0.5, 0.6) is 11.5 Å². The Balaban J connectivity index is 1.55. The topological polar surface area (TPSA) is 99.7 Å². The molecule has 0 spiro atoms. The number of nitrogens with two attached hydrogens (primary N) is 1. The molecule has 2 N–H and O–H groups in total. The molecule has 1 aliphatic rings. The molecule has 2 atom stereocenters. The molecule has 4 aromatic rings. The summed E-state index contributed by atoms with van der Waals surface area (Å²) >= 11 is 1.38. The number of hydrogen-bond acceptors (Lipinski definition) is 7. The van der Waals surface area contributed by atoms with Gasteiger partial charge < -0.3 is 20.1 Å². The Morgan fingerprint density at radius 1 is 1.16 bits per heavy atom. The number of ether oxygens (including phenoxy) is 2. The van der Waals surface area contributed by atoms with Gasteiger partial charge in [-0.15, -0.1) is 11.3 Å². The maximum atomic E-state index is 13.9. The van der Waals surface area contributed by atoms with E-state index in [0.717, 1.165) is 5.56 Å². The molecular formula is C28H30N4O4S. The van der Waals surface area contributed by atoms with Gasteiger partial charge in [0.1, 0.15) is 17.1 Å². The molecule has 5 rings (SSSR count). The highest BCUT2D eigenvalue weighted by Crippen LogP contribution is 2.33. The average Bonchev–Trinajstić information content (AvgIpc) is 3.42.